The molecule has 0 aliphatic rings. The molecule has 0 amide bonds. The van der Waals surface area contributed by atoms with Crippen LogP contribution in [0.5, 0.6) is 0 Å². The quantitative estimate of drug-likeness (QED) is 0.236. The van der Waals surface area contributed by atoms with Crippen LogP contribution in [0, 0.1) is 0 Å². The zero-order valence-corrected chi connectivity index (χ0v) is 18.3. The standard InChI is InChI=1S/C23H48O4/c1-3-5-7-8-9-10-11-12-13-14-15-16-17-23(27-18-6-4-2)21-26-20-22(25)19-24/h22-25H,3-21H2,1-2H3. The van der Waals surface area contributed by atoms with E-state index in [9.17, 15) is 5.11 Å². The van der Waals surface area contributed by atoms with Crippen LogP contribution in [0.15, 0.2) is 0 Å². The van der Waals surface area contributed by atoms with Crippen molar-refractivity contribution in [2.45, 2.75) is 122 Å². The fourth-order valence-corrected chi connectivity index (χ4v) is 3.21. The molecule has 2 N–H and O–H groups in total. The molecule has 0 aromatic rings. The van der Waals surface area contributed by atoms with E-state index < -0.39 is 6.10 Å². The monoisotopic (exact) mass is 388 g/mol. The first-order valence-electron chi connectivity index (χ1n) is 11.7. The van der Waals surface area contributed by atoms with Gasteiger partial charge >= 0.3 is 0 Å². The van der Waals surface area contributed by atoms with Gasteiger partial charge in [0.2, 0.25) is 0 Å². The summed E-state index contributed by atoms with van der Waals surface area (Å²) >= 11 is 0. The third kappa shape index (κ3) is 20.4. The highest BCUT2D eigenvalue weighted by Crippen LogP contribution is 2.14. The molecule has 0 fully saturated rings. The molecule has 0 radical (unpaired) electrons. The highest BCUT2D eigenvalue weighted by atomic mass is 16.5. The van der Waals surface area contributed by atoms with E-state index in [0.717, 1.165) is 25.9 Å². The molecule has 27 heavy (non-hydrogen) atoms. The van der Waals surface area contributed by atoms with Crippen LogP contribution in [0.25, 0.3) is 0 Å². The van der Waals surface area contributed by atoms with Gasteiger partial charge in [0, 0.05) is 6.61 Å². The fourth-order valence-electron chi connectivity index (χ4n) is 3.21. The number of rotatable bonds is 22. The van der Waals surface area contributed by atoms with E-state index in [1.54, 1.807) is 0 Å². The molecule has 0 saturated heterocycles. The molecule has 0 heterocycles. The van der Waals surface area contributed by atoms with Gasteiger partial charge in [0.15, 0.2) is 0 Å². The van der Waals surface area contributed by atoms with Gasteiger partial charge in [-0.15, -0.1) is 0 Å². The number of aliphatic hydroxyl groups excluding tert-OH is 2. The molecular formula is C23H48O4. The smallest absolute Gasteiger partial charge is 0.100 e. The largest absolute Gasteiger partial charge is 0.394 e. The van der Waals surface area contributed by atoms with Gasteiger partial charge in [0.1, 0.15) is 6.10 Å². The van der Waals surface area contributed by atoms with Crippen molar-refractivity contribution in [1.29, 1.82) is 0 Å². The summed E-state index contributed by atoms with van der Waals surface area (Å²) in [6.07, 6.45) is 18.9. The molecule has 0 aliphatic carbocycles. The summed E-state index contributed by atoms with van der Waals surface area (Å²) < 4.78 is 11.4. The maximum atomic E-state index is 9.36. The first-order chi connectivity index (χ1) is 13.2. The van der Waals surface area contributed by atoms with Crippen LogP contribution in [0.2, 0.25) is 0 Å². The highest BCUT2D eigenvalue weighted by molar-refractivity contribution is 4.60. The minimum absolute atomic E-state index is 0.116. The molecule has 4 nitrogen and oxygen atoms in total. The van der Waals surface area contributed by atoms with Crippen LogP contribution in [0.4, 0.5) is 0 Å². The molecule has 2 unspecified atom stereocenters. The molecule has 0 aromatic carbocycles. The maximum Gasteiger partial charge on any atom is 0.100 e. The van der Waals surface area contributed by atoms with Crippen LogP contribution in [0.1, 0.15) is 110 Å². The van der Waals surface area contributed by atoms with E-state index in [4.69, 9.17) is 14.6 Å². The molecule has 0 aromatic heterocycles. The zero-order chi connectivity index (χ0) is 20.0. The zero-order valence-electron chi connectivity index (χ0n) is 18.3. The summed E-state index contributed by atoms with van der Waals surface area (Å²) in [4.78, 5) is 0. The van der Waals surface area contributed by atoms with Crippen molar-refractivity contribution in [3.05, 3.63) is 0 Å². The highest BCUT2D eigenvalue weighted by Gasteiger charge is 2.11. The van der Waals surface area contributed by atoms with Gasteiger partial charge in [-0.25, -0.2) is 0 Å². The molecule has 0 rings (SSSR count). The van der Waals surface area contributed by atoms with E-state index in [1.165, 1.54) is 77.0 Å². The van der Waals surface area contributed by atoms with Crippen molar-refractivity contribution in [2.24, 2.45) is 0 Å². The summed E-state index contributed by atoms with van der Waals surface area (Å²) in [5, 5.41) is 18.2. The van der Waals surface area contributed by atoms with Crippen LogP contribution in [-0.4, -0.2) is 48.8 Å². The number of aliphatic hydroxyl groups is 2. The Morgan fingerprint density at radius 3 is 1.70 bits per heavy atom. The first-order valence-corrected chi connectivity index (χ1v) is 11.7. The Morgan fingerprint density at radius 1 is 0.667 bits per heavy atom. The molecule has 2 atom stereocenters. The van der Waals surface area contributed by atoms with Crippen molar-refractivity contribution in [1.82, 2.24) is 0 Å². The van der Waals surface area contributed by atoms with E-state index in [-0.39, 0.29) is 19.3 Å². The van der Waals surface area contributed by atoms with Crippen LogP contribution >= 0.6 is 0 Å². The summed E-state index contributed by atoms with van der Waals surface area (Å²) in [6.45, 7) is 5.67. The molecule has 0 aliphatic heterocycles. The Labute approximate surface area is 169 Å². The van der Waals surface area contributed by atoms with E-state index >= 15 is 0 Å². The van der Waals surface area contributed by atoms with Gasteiger partial charge in [-0.3, -0.25) is 0 Å². The number of unbranched alkanes of at least 4 members (excludes halogenated alkanes) is 12. The van der Waals surface area contributed by atoms with Gasteiger partial charge in [-0.05, 0) is 12.8 Å². The average Bonchev–Trinajstić information content (AvgIpc) is 2.68. The van der Waals surface area contributed by atoms with Gasteiger partial charge < -0.3 is 19.7 Å². The summed E-state index contributed by atoms with van der Waals surface area (Å²) in [7, 11) is 0. The lowest BCUT2D eigenvalue weighted by atomic mass is 10.0. The van der Waals surface area contributed by atoms with Gasteiger partial charge in [0.25, 0.3) is 0 Å². The summed E-state index contributed by atoms with van der Waals surface area (Å²) in [6, 6.07) is 0. The van der Waals surface area contributed by atoms with Crippen LogP contribution in [-0.2, 0) is 9.47 Å². The number of hydrogen-bond donors (Lipinski definition) is 2. The van der Waals surface area contributed by atoms with Crippen molar-refractivity contribution < 1.29 is 19.7 Å². The fraction of sp³-hybridized carbons (Fsp3) is 1.00. The molecule has 164 valence electrons. The van der Waals surface area contributed by atoms with Crippen molar-refractivity contribution in [3.63, 3.8) is 0 Å². The number of ether oxygens (including phenoxy) is 2. The predicted octanol–water partition coefficient (Wildman–Crippen LogP) is 5.63. The summed E-state index contributed by atoms with van der Waals surface area (Å²) in [5.74, 6) is 0. The Bertz CT molecular complexity index is 273. The second-order valence-corrected chi connectivity index (χ2v) is 7.90. The minimum atomic E-state index is -0.784. The van der Waals surface area contributed by atoms with Crippen LogP contribution in [0.3, 0.4) is 0 Å². The van der Waals surface area contributed by atoms with Gasteiger partial charge in [0.05, 0.1) is 25.9 Å². The second kappa shape index (κ2) is 22.1. The Morgan fingerprint density at radius 2 is 1.19 bits per heavy atom. The second-order valence-electron chi connectivity index (χ2n) is 7.90. The third-order valence-electron chi connectivity index (χ3n) is 5.06. The Balaban J connectivity index is 3.58. The van der Waals surface area contributed by atoms with Gasteiger partial charge in [-0.2, -0.15) is 0 Å². The molecular weight excluding hydrogens is 340 g/mol. The van der Waals surface area contributed by atoms with Crippen LogP contribution < -0.4 is 0 Å². The minimum Gasteiger partial charge on any atom is -0.394 e. The van der Waals surface area contributed by atoms with E-state index in [2.05, 4.69) is 13.8 Å². The van der Waals surface area contributed by atoms with E-state index in [0.29, 0.717) is 6.61 Å². The average molecular weight is 389 g/mol. The normalized spacial score (nSPS) is 13.8. The Hall–Kier alpha value is -0.160. The maximum absolute atomic E-state index is 9.36. The topological polar surface area (TPSA) is 58.9 Å². The summed E-state index contributed by atoms with van der Waals surface area (Å²) in [5.41, 5.74) is 0. The lowest BCUT2D eigenvalue weighted by molar-refractivity contribution is -0.0516. The SMILES string of the molecule is CCCCCCCCCCCCCCC(COCC(O)CO)OCCCC. The van der Waals surface area contributed by atoms with Crippen molar-refractivity contribution in [3.8, 4) is 0 Å². The molecule has 0 saturated carbocycles. The first kappa shape index (κ1) is 26.8. The van der Waals surface area contributed by atoms with Gasteiger partial charge in [-0.1, -0.05) is 97.3 Å². The van der Waals surface area contributed by atoms with Crippen molar-refractivity contribution in [2.75, 3.05) is 26.4 Å². The van der Waals surface area contributed by atoms with E-state index in [1.807, 2.05) is 0 Å². The predicted molar refractivity (Wildman–Crippen MR) is 114 cm³/mol. The third-order valence-corrected chi connectivity index (χ3v) is 5.06. The molecule has 4 heteroatoms. The molecule has 0 bridgehead atoms. The lowest BCUT2D eigenvalue weighted by Crippen LogP contribution is -2.26. The lowest BCUT2D eigenvalue weighted by Gasteiger charge is -2.19. The molecule has 0 spiro atoms. The van der Waals surface area contributed by atoms with Crippen molar-refractivity contribution >= 4 is 0 Å². The number of hydrogen-bond acceptors (Lipinski definition) is 4. The Kier molecular flexibility index (Phi) is 22.0.